The number of nitrogens with zero attached hydrogens (tertiary/aromatic N) is 2. The normalized spacial score (nSPS) is 10.2. The van der Waals surface area contributed by atoms with Gasteiger partial charge in [0.15, 0.2) is 10.3 Å². The molecule has 1 heterocycles. The number of aromatic nitrogens is 2. The highest BCUT2D eigenvalue weighted by Crippen LogP contribution is 2.18. The summed E-state index contributed by atoms with van der Waals surface area (Å²) in [4.78, 5) is 12.0. The molecule has 0 saturated carbocycles. The minimum absolute atomic E-state index is 0.0181. The maximum atomic E-state index is 12.0. The summed E-state index contributed by atoms with van der Waals surface area (Å²) < 4.78 is 0. The van der Waals surface area contributed by atoms with Crippen molar-refractivity contribution in [1.82, 2.24) is 10.2 Å². The van der Waals surface area contributed by atoms with Crippen LogP contribution in [0, 0.1) is 6.92 Å². The molecule has 0 fully saturated rings. The van der Waals surface area contributed by atoms with Gasteiger partial charge in [-0.2, -0.15) is 0 Å². The second kappa shape index (κ2) is 5.33. The van der Waals surface area contributed by atoms with Crippen molar-refractivity contribution in [3.8, 4) is 0 Å². The zero-order valence-corrected chi connectivity index (χ0v) is 11.0. The topological polar surface area (TPSA) is 54.9 Å². The van der Waals surface area contributed by atoms with Crippen LogP contribution in [0.2, 0.25) is 10.3 Å². The molecule has 6 heteroatoms. The van der Waals surface area contributed by atoms with E-state index >= 15 is 0 Å². The minimum atomic E-state index is -0.373. The number of anilines is 1. The fraction of sp³-hybridized carbons (Fsp3) is 0.0833. The van der Waals surface area contributed by atoms with Crippen LogP contribution in [0.15, 0.2) is 30.3 Å². The van der Waals surface area contributed by atoms with E-state index in [-0.39, 0.29) is 21.8 Å². The molecule has 0 aliphatic rings. The van der Waals surface area contributed by atoms with Crippen molar-refractivity contribution in [3.05, 3.63) is 51.8 Å². The van der Waals surface area contributed by atoms with E-state index in [2.05, 4.69) is 15.5 Å². The number of amides is 1. The molecule has 0 bridgehead atoms. The van der Waals surface area contributed by atoms with Crippen LogP contribution in [0.3, 0.4) is 0 Å². The maximum absolute atomic E-state index is 12.0. The summed E-state index contributed by atoms with van der Waals surface area (Å²) in [6, 6.07) is 8.80. The summed E-state index contributed by atoms with van der Waals surface area (Å²) in [5.41, 5.74) is 1.92. The van der Waals surface area contributed by atoms with Crippen LogP contribution in [-0.2, 0) is 0 Å². The van der Waals surface area contributed by atoms with Crippen molar-refractivity contribution in [2.24, 2.45) is 0 Å². The number of aryl methyl sites for hydroxylation is 1. The number of carbonyl (C=O) groups is 1. The molecule has 0 unspecified atom stereocenters. The average molecular weight is 282 g/mol. The molecule has 1 N–H and O–H groups in total. The Morgan fingerprint density at radius 2 is 2.00 bits per heavy atom. The predicted octanol–water partition coefficient (Wildman–Crippen LogP) is 3.34. The molecule has 0 saturated heterocycles. The van der Waals surface area contributed by atoms with E-state index < -0.39 is 0 Å². The first-order valence-electron chi connectivity index (χ1n) is 5.13. The third-order valence-electron chi connectivity index (χ3n) is 2.24. The largest absolute Gasteiger partial charge is 0.322 e. The number of carbonyl (C=O) groups excluding carboxylic acids is 1. The van der Waals surface area contributed by atoms with E-state index in [1.54, 1.807) is 6.07 Å². The zero-order chi connectivity index (χ0) is 13.1. The number of hydrogen-bond donors (Lipinski definition) is 1. The average Bonchev–Trinajstić information content (AvgIpc) is 2.32. The highest BCUT2D eigenvalue weighted by atomic mass is 35.5. The van der Waals surface area contributed by atoms with Gasteiger partial charge < -0.3 is 5.32 Å². The molecular formula is C12H9Cl2N3O. The van der Waals surface area contributed by atoms with Gasteiger partial charge in [-0.15, -0.1) is 10.2 Å². The first-order valence-corrected chi connectivity index (χ1v) is 5.88. The number of benzene rings is 1. The molecule has 92 valence electrons. The Balaban J connectivity index is 2.24. The molecule has 2 aromatic rings. The molecule has 0 atom stereocenters. The van der Waals surface area contributed by atoms with E-state index in [1.165, 1.54) is 6.07 Å². The van der Waals surface area contributed by atoms with E-state index in [9.17, 15) is 4.79 Å². The molecule has 1 aromatic carbocycles. The maximum Gasteiger partial charge on any atom is 0.258 e. The predicted molar refractivity (Wildman–Crippen MR) is 71.2 cm³/mol. The Kier molecular flexibility index (Phi) is 3.79. The molecule has 0 aliphatic heterocycles. The molecule has 0 aliphatic carbocycles. The van der Waals surface area contributed by atoms with Gasteiger partial charge in [0.2, 0.25) is 0 Å². The van der Waals surface area contributed by atoms with E-state index in [4.69, 9.17) is 23.2 Å². The van der Waals surface area contributed by atoms with E-state index in [0.717, 1.165) is 5.56 Å². The third-order valence-corrected chi connectivity index (χ3v) is 2.70. The summed E-state index contributed by atoms with van der Waals surface area (Å²) in [5.74, 6) is -0.373. The fourth-order valence-corrected chi connectivity index (χ4v) is 1.76. The first-order chi connectivity index (χ1) is 8.56. The Morgan fingerprint density at radius 3 is 2.72 bits per heavy atom. The lowest BCUT2D eigenvalue weighted by Gasteiger charge is -2.06. The second-order valence-electron chi connectivity index (χ2n) is 3.70. The molecule has 1 aromatic heterocycles. The van der Waals surface area contributed by atoms with Gasteiger partial charge in [-0.1, -0.05) is 35.3 Å². The summed E-state index contributed by atoms with van der Waals surface area (Å²) in [5, 5.41) is 9.98. The third kappa shape index (κ3) is 2.97. The number of halogens is 2. The first kappa shape index (κ1) is 12.8. The van der Waals surface area contributed by atoms with Crippen LogP contribution < -0.4 is 5.32 Å². The van der Waals surface area contributed by atoms with Gasteiger partial charge in [-0.25, -0.2) is 0 Å². The molecule has 0 spiro atoms. The monoisotopic (exact) mass is 281 g/mol. The van der Waals surface area contributed by atoms with Crippen molar-refractivity contribution in [2.75, 3.05) is 5.32 Å². The van der Waals surface area contributed by atoms with Gasteiger partial charge in [-0.05, 0) is 30.7 Å². The van der Waals surface area contributed by atoms with Gasteiger partial charge in [-0.3, -0.25) is 4.79 Å². The van der Waals surface area contributed by atoms with Crippen molar-refractivity contribution < 1.29 is 4.79 Å². The number of hydrogen-bond acceptors (Lipinski definition) is 3. The summed E-state index contributed by atoms with van der Waals surface area (Å²) in [6.07, 6.45) is 0. The lowest BCUT2D eigenvalue weighted by Crippen LogP contribution is -2.13. The number of nitrogens with one attached hydrogen (secondary N) is 1. The highest BCUT2D eigenvalue weighted by Gasteiger charge is 2.13. The van der Waals surface area contributed by atoms with Gasteiger partial charge in [0, 0.05) is 5.69 Å². The smallest absolute Gasteiger partial charge is 0.258 e. The summed E-state index contributed by atoms with van der Waals surface area (Å²) >= 11 is 11.5. The van der Waals surface area contributed by atoms with E-state index in [0.29, 0.717) is 5.69 Å². The summed E-state index contributed by atoms with van der Waals surface area (Å²) in [6.45, 7) is 1.94. The van der Waals surface area contributed by atoms with Crippen LogP contribution in [-0.4, -0.2) is 16.1 Å². The molecule has 1 amide bonds. The van der Waals surface area contributed by atoms with Crippen LogP contribution >= 0.6 is 23.2 Å². The molecule has 18 heavy (non-hydrogen) atoms. The molecule has 0 radical (unpaired) electrons. The Morgan fingerprint density at radius 1 is 1.22 bits per heavy atom. The van der Waals surface area contributed by atoms with Crippen molar-refractivity contribution in [2.45, 2.75) is 6.92 Å². The Hall–Kier alpha value is -1.65. The summed E-state index contributed by atoms with van der Waals surface area (Å²) in [7, 11) is 0. The van der Waals surface area contributed by atoms with Gasteiger partial charge in [0.1, 0.15) is 0 Å². The van der Waals surface area contributed by atoms with Crippen molar-refractivity contribution >= 4 is 34.8 Å². The van der Waals surface area contributed by atoms with Crippen LogP contribution in [0.25, 0.3) is 0 Å². The lowest BCUT2D eigenvalue weighted by molar-refractivity contribution is 0.102. The van der Waals surface area contributed by atoms with Gasteiger partial charge >= 0.3 is 0 Å². The Labute approximate surface area is 114 Å². The standard InChI is InChI=1S/C12H9Cl2N3O/c1-7-3-2-4-8(5-7)15-12(18)9-6-10(13)16-17-11(9)14/h2-6H,1H3,(H,15,18). The quantitative estimate of drug-likeness (QED) is 0.919. The number of rotatable bonds is 2. The van der Waals surface area contributed by atoms with Crippen molar-refractivity contribution in [1.29, 1.82) is 0 Å². The highest BCUT2D eigenvalue weighted by molar-refractivity contribution is 6.34. The minimum Gasteiger partial charge on any atom is -0.322 e. The SMILES string of the molecule is Cc1cccc(NC(=O)c2cc(Cl)nnc2Cl)c1. The van der Waals surface area contributed by atoms with Crippen LogP contribution in [0.1, 0.15) is 15.9 Å². The molecule has 4 nitrogen and oxygen atoms in total. The zero-order valence-electron chi connectivity index (χ0n) is 9.45. The van der Waals surface area contributed by atoms with Crippen LogP contribution in [0.5, 0.6) is 0 Å². The molecule has 2 rings (SSSR count). The Bertz CT molecular complexity index is 602. The van der Waals surface area contributed by atoms with Gasteiger partial charge in [0.25, 0.3) is 5.91 Å². The van der Waals surface area contributed by atoms with Crippen molar-refractivity contribution in [3.63, 3.8) is 0 Å². The van der Waals surface area contributed by atoms with Gasteiger partial charge in [0.05, 0.1) is 5.56 Å². The van der Waals surface area contributed by atoms with Crippen LogP contribution in [0.4, 0.5) is 5.69 Å². The lowest BCUT2D eigenvalue weighted by atomic mass is 10.2. The second-order valence-corrected chi connectivity index (χ2v) is 4.44. The fourth-order valence-electron chi connectivity index (χ4n) is 1.43. The molecular weight excluding hydrogens is 273 g/mol. The van der Waals surface area contributed by atoms with E-state index in [1.807, 2.05) is 25.1 Å².